The van der Waals surface area contributed by atoms with Gasteiger partial charge in [-0.15, -0.1) is 0 Å². The molecule has 1 unspecified atom stereocenters. The molecule has 2 aromatic heterocycles. The Morgan fingerprint density at radius 2 is 1.87 bits per heavy atom. The van der Waals surface area contributed by atoms with Crippen LogP contribution >= 0.6 is 23.2 Å². The molecule has 11 heteroatoms. The summed E-state index contributed by atoms with van der Waals surface area (Å²) in [4.78, 5) is 17.1. The molecule has 0 saturated carbocycles. The minimum Gasteiger partial charge on any atom is -0.322 e. The number of fused-ring (bicyclic) bond motifs is 1. The summed E-state index contributed by atoms with van der Waals surface area (Å²) in [6.45, 7) is 0. The standard InChI is InChI=1S/C19H13Cl2N5O3S/c20-15-7-6-13(10-16(15)21)26(30(28)29)17-8-9-25-18(24-17)14(11-22-25)19(27)23-12-4-2-1-3-5-12/h1-11H,(H,23,27)(H,28,29). The topological polar surface area (TPSA) is 99.8 Å². The van der Waals surface area contributed by atoms with Gasteiger partial charge in [-0.25, -0.2) is 18.0 Å². The van der Waals surface area contributed by atoms with Crippen LogP contribution in [0.3, 0.4) is 0 Å². The number of rotatable bonds is 5. The van der Waals surface area contributed by atoms with Crippen molar-refractivity contribution in [1.29, 1.82) is 0 Å². The first-order chi connectivity index (χ1) is 14.4. The Kier molecular flexibility index (Phi) is 5.69. The van der Waals surface area contributed by atoms with Crippen molar-refractivity contribution in [3.05, 3.63) is 82.6 Å². The molecule has 2 N–H and O–H groups in total. The summed E-state index contributed by atoms with van der Waals surface area (Å²) in [5.41, 5.74) is 1.35. The quantitative estimate of drug-likeness (QED) is 0.424. The van der Waals surface area contributed by atoms with E-state index < -0.39 is 17.2 Å². The highest BCUT2D eigenvalue weighted by molar-refractivity contribution is 7.81. The number of nitrogens with one attached hydrogen (secondary N) is 1. The molecule has 0 aliphatic heterocycles. The monoisotopic (exact) mass is 461 g/mol. The van der Waals surface area contributed by atoms with Gasteiger partial charge in [0.05, 0.1) is 21.9 Å². The third-order valence-electron chi connectivity index (χ3n) is 4.13. The molecular weight excluding hydrogens is 449 g/mol. The number of halogens is 2. The maximum atomic E-state index is 12.7. The van der Waals surface area contributed by atoms with Gasteiger partial charge in [0.25, 0.3) is 17.2 Å². The predicted octanol–water partition coefficient (Wildman–Crippen LogP) is 4.56. The fraction of sp³-hybridized carbons (Fsp3) is 0. The lowest BCUT2D eigenvalue weighted by molar-refractivity contribution is 0.102. The third-order valence-corrected chi connectivity index (χ3v) is 5.58. The van der Waals surface area contributed by atoms with Crippen LogP contribution in [0, 0.1) is 0 Å². The number of para-hydroxylation sites is 1. The molecule has 8 nitrogen and oxygen atoms in total. The Morgan fingerprint density at radius 1 is 1.10 bits per heavy atom. The molecule has 2 heterocycles. The van der Waals surface area contributed by atoms with Crippen LogP contribution in [0.2, 0.25) is 10.0 Å². The van der Waals surface area contributed by atoms with Gasteiger partial charge >= 0.3 is 0 Å². The number of aromatic nitrogens is 3. The van der Waals surface area contributed by atoms with Crippen LogP contribution in [0.15, 0.2) is 67.0 Å². The van der Waals surface area contributed by atoms with Crippen molar-refractivity contribution in [3.8, 4) is 0 Å². The van der Waals surface area contributed by atoms with Crippen LogP contribution < -0.4 is 9.62 Å². The molecule has 152 valence electrons. The van der Waals surface area contributed by atoms with E-state index in [2.05, 4.69) is 15.4 Å². The van der Waals surface area contributed by atoms with E-state index in [9.17, 15) is 13.6 Å². The van der Waals surface area contributed by atoms with Crippen molar-refractivity contribution >= 4 is 63.2 Å². The van der Waals surface area contributed by atoms with Crippen LogP contribution in [0.4, 0.5) is 17.2 Å². The molecule has 0 saturated heterocycles. The highest BCUT2D eigenvalue weighted by atomic mass is 35.5. The smallest absolute Gasteiger partial charge is 0.267 e. The SMILES string of the molecule is O=C(Nc1ccccc1)c1cnn2ccc(N(c3ccc(Cl)c(Cl)c3)S(=O)O)nc12. The minimum atomic E-state index is -2.46. The van der Waals surface area contributed by atoms with Crippen LogP contribution in [0.25, 0.3) is 5.65 Å². The second-order valence-electron chi connectivity index (χ2n) is 6.06. The lowest BCUT2D eigenvalue weighted by atomic mass is 10.2. The van der Waals surface area contributed by atoms with E-state index in [-0.39, 0.29) is 22.1 Å². The zero-order valence-corrected chi connectivity index (χ0v) is 17.4. The summed E-state index contributed by atoms with van der Waals surface area (Å²) in [6.07, 6.45) is 2.91. The van der Waals surface area contributed by atoms with Crippen molar-refractivity contribution in [2.45, 2.75) is 0 Å². The normalized spacial score (nSPS) is 12.0. The summed E-state index contributed by atoms with van der Waals surface area (Å²) >= 11 is 9.52. The zero-order chi connectivity index (χ0) is 21.3. The van der Waals surface area contributed by atoms with E-state index in [0.717, 1.165) is 4.31 Å². The summed E-state index contributed by atoms with van der Waals surface area (Å²) < 4.78 is 24.4. The Hall–Kier alpha value is -2.98. The average molecular weight is 462 g/mol. The average Bonchev–Trinajstić information content (AvgIpc) is 3.15. The van der Waals surface area contributed by atoms with Crippen LogP contribution in [-0.2, 0) is 11.3 Å². The minimum absolute atomic E-state index is 0.121. The van der Waals surface area contributed by atoms with E-state index in [1.807, 2.05) is 6.07 Å². The van der Waals surface area contributed by atoms with E-state index in [1.54, 1.807) is 24.3 Å². The van der Waals surface area contributed by atoms with Gasteiger partial charge in [-0.3, -0.25) is 9.35 Å². The maximum Gasteiger partial charge on any atom is 0.267 e. The molecule has 0 aliphatic rings. The lowest BCUT2D eigenvalue weighted by Crippen LogP contribution is -2.21. The van der Waals surface area contributed by atoms with E-state index in [4.69, 9.17) is 23.2 Å². The molecular formula is C19H13Cl2N5O3S. The van der Waals surface area contributed by atoms with Gasteiger partial charge in [0.2, 0.25) is 0 Å². The first kappa shape index (κ1) is 20.3. The van der Waals surface area contributed by atoms with E-state index >= 15 is 0 Å². The van der Waals surface area contributed by atoms with Crippen molar-refractivity contribution < 1.29 is 13.6 Å². The molecule has 0 aliphatic carbocycles. The Balaban J connectivity index is 1.74. The molecule has 30 heavy (non-hydrogen) atoms. The van der Waals surface area contributed by atoms with Crippen LogP contribution in [0.5, 0.6) is 0 Å². The lowest BCUT2D eigenvalue weighted by Gasteiger charge is -2.19. The Morgan fingerprint density at radius 3 is 2.57 bits per heavy atom. The number of anilines is 3. The number of benzene rings is 2. The molecule has 4 rings (SSSR count). The molecule has 2 aromatic carbocycles. The van der Waals surface area contributed by atoms with Crippen molar-refractivity contribution in [2.24, 2.45) is 0 Å². The fourth-order valence-electron chi connectivity index (χ4n) is 2.77. The first-order valence-electron chi connectivity index (χ1n) is 8.51. The third kappa shape index (κ3) is 4.01. The number of carbonyl (C=O) groups is 1. The van der Waals surface area contributed by atoms with Crippen molar-refractivity contribution in [2.75, 3.05) is 9.62 Å². The molecule has 4 aromatic rings. The molecule has 0 radical (unpaired) electrons. The molecule has 0 bridgehead atoms. The highest BCUT2D eigenvalue weighted by Gasteiger charge is 2.21. The predicted molar refractivity (Wildman–Crippen MR) is 117 cm³/mol. The second kappa shape index (κ2) is 8.41. The van der Waals surface area contributed by atoms with Gasteiger partial charge in [0.15, 0.2) is 11.5 Å². The fourth-order valence-corrected chi connectivity index (χ4v) is 3.61. The molecule has 0 spiro atoms. The van der Waals surface area contributed by atoms with Gasteiger partial charge in [0.1, 0.15) is 5.56 Å². The van der Waals surface area contributed by atoms with Crippen LogP contribution in [0.1, 0.15) is 10.4 Å². The second-order valence-corrected chi connectivity index (χ2v) is 7.70. The summed E-state index contributed by atoms with van der Waals surface area (Å²) in [6, 6.07) is 14.9. The highest BCUT2D eigenvalue weighted by Crippen LogP contribution is 2.31. The van der Waals surface area contributed by atoms with E-state index in [1.165, 1.54) is 41.2 Å². The summed E-state index contributed by atoms with van der Waals surface area (Å²) in [7, 11) is 0. The first-order valence-corrected chi connectivity index (χ1v) is 10.3. The van der Waals surface area contributed by atoms with Gasteiger partial charge in [-0.2, -0.15) is 5.10 Å². The van der Waals surface area contributed by atoms with Crippen molar-refractivity contribution in [3.63, 3.8) is 0 Å². The van der Waals surface area contributed by atoms with Crippen molar-refractivity contribution in [1.82, 2.24) is 14.6 Å². The Labute approximate surface area is 183 Å². The number of hydrogen-bond acceptors (Lipinski definition) is 4. The molecule has 0 fully saturated rings. The van der Waals surface area contributed by atoms with Gasteiger partial charge in [-0.05, 0) is 30.3 Å². The number of nitrogens with zero attached hydrogens (tertiary/aromatic N) is 4. The summed E-state index contributed by atoms with van der Waals surface area (Å²) in [5.74, 6) is -0.289. The van der Waals surface area contributed by atoms with Crippen LogP contribution in [-0.4, -0.2) is 29.3 Å². The van der Waals surface area contributed by atoms with Gasteiger partial charge < -0.3 is 5.32 Å². The maximum absolute atomic E-state index is 12.7. The largest absolute Gasteiger partial charge is 0.322 e. The number of amides is 1. The molecule has 1 amide bonds. The summed E-state index contributed by atoms with van der Waals surface area (Å²) in [5, 5.41) is 7.42. The number of hydrogen-bond donors (Lipinski definition) is 2. The van der Waals surface area contributed by atoms with Gasteiger partial charge in [-0.1, -0.05) is 41.4 Å². The van der Waals surface area contributed by atoms with E-state index in [0.29, 0.717) is 16.4 Å². The zero-order valence-electron chi connectivity index (χ0n) is 15.1. The van der Waals surface area contributed by atoms with Gasteiger partial charge in [0, 0.05) is 18.0 Å². The number of carbonyl (C=O) groups excluding carboxylic acids is 1. The Bertz CT molecular complexity index is 1270. The molecule has 1 atom stereocenters.